The Morgan fingerprint density at radius 2 is 1.06 bits per heavy atom. The van der Waals surface area contributed by atoms with Gasteiger partial charge in [-0.05, 0) is 74.4 Å². The van der Waals surface area contributed by atoms with Gasteiger partial charge in [-0.3, -0.25) is 0 Å². The average Bonchev–Trinajstić information content (AvgIpc) is 2.82. The van der Waals surface area contributed by atoms with E-state index in [-0.39, 0.29) is 0 Å². The van der Waals surface area contributed by atoms with Crippen LogP contribution < -0.4 is 0 Å². The quantitative estimate of drug-likeness (QED) is 0.696. The average molecular weight is 225 g/mol. The van der Waals surface area contributed by atoms with Crippen LogP contribution in [0.2, 0.25) is 0 Å². The Labute approximate surface area is 105 Å². The number of benzene rings is 1. The molecule has 0 unspecified atom stereocenters. The molecule has 0 saturated heterocycles. The molecule has 0 amide bonds. The second-order valence-electron chi connectivity index (χ2n) is 5.07. The maximum atomic E-state index is 2.26. The molecule has 1 aliphatic rings. The summed E-state index contributed by atoms with van der Waals surface area (Å²) in [5, 5.41) is 0. The van der Waals surface area contributed by atoms with Crippen molar-refractivity contribution in [1.29, 1.82) is 0 Å². The maximum Gasteiger partial charge on any atom is 0.0237 e. The zero-order chi connectivity index (χ0) is 12.6. The molecular formula is C17H21. The van der Waals surface area contributed by atoms with Gasteiger partial charge >= 0.3 is 0 Å². The van der Waals surface area contributed by atoms with Gasteiger partial charge in [0.1, 0.15) is 0 Å². The Balaban J connectivity index is 2.46. The molecule has 17 heavy (non-hydrogen) atoms. The van der Waals surface area contributed by atoms with E-state index >= 15 is 0 Å². The van der Waals surface area contributed by atoms with Crippen LogP contribution in [0.25, 0.3) is 0 Å². The highest BCUT2D eigenvalue weighted by Crippen LogP contribution is 2.29. The summed E-state index contributed by atoms with van der Waals surface area (Å²) in [6, 6.07) is 0. The Hall–Kier alpha value is -1.30. The summed E-state index contributed by atoms with van der Waals surface area (Å²) < 4.78 is 0. The van der Waals surface area contributed by atoms with E-state index in [1.54, 1.807) is 0 Å². The lowest BCUT2D eigenvalue weighted by Crippen LogP contribution is -2.05. The van der Waals surface area contributed by atoms with Crippen LogP contribution in [0.5, 0.6) is 0 Å². The molecule has 0 aliphatic heterocycles. The monoisotopic (exact) mass is 225 g/mol. The Morgan fingerprint density at radius 1 is 0.647 bits per heavy atom. The van der Waals surface area contributed by atoms with Crippen LogP contribution >= 0.6 is 0 Å². The lowest BCUT2D eigenvalue weighted by atomic mass is 9.85. The molecule has 1 aromatic carbocycles. The predicted octanol–water partition coefficient (Wildman–Crippen LogP) is 4.47. The van der Waals surface area contributed by atoms with Gasteiger partial charge in [0.25, 0.3) is 0 Å². The van der Waals surface area contributed by atoms with Crippen molar-refractivity contribution in [3.05, 3.63) is 63.6 Å². The summed E-state index contributed by atoms with van der Waals surface area (Å²) >= 11 is 0. The molecule has 0 atom stereocenters. The smallest absolute Gasteiger partial charge is 0.0237 e. The molecule has 0 N–H and O–H groups in total. The van der Waals surface area contributed by atoms with Crippen molar-refractivity contribution in [2.75, 3.05) is 0 Å². The maximum absolute atomic E-state index is 2.26. The lowest BCUT2D eigenvalue weighted by molar-refractivity contribution is 1.02. The van der Waals surface area contributed by atoms with E-state index in [9.17, 15) is 0 Å². The van der Waals surface area contributed by atoms with Crippen LogP contribution in [0, 0.1) is 40.5 Å². The van der Waals surface area contributed by atoms with Gasteiger partial charge in [0.2, 0.25) is 0 Å². The summed E-state index contributed by atoms with van der Waals surface area (Å²) in [6.45, 7) is 11.2. The van der Waals surface area contributed by atoms with Crippen molar-refractivity contribution in [2.45, 2.75) is 41.0 Å². The highest BCUT2D eigenvalue weighted by atomic mass is 14.2. The fourth-order valence-corrected chi connectivity index (χ4v) is 2.58. The molecule has 0 bridgehead atoms. The fourth-order valence-electron chi connectivity index (χ4n) is 2.58. The topological polar surface area (TPSA) is 0 Å². The zero-order valence-electron chi connectivity index (χ0n) is 11.5. The third-order valence-electron chi connectivity index (χ3n) is 4.27. The molecule has 0 saturated carbocycles. The lowest BCUT2D eigenvalue weighted by Gasteiger charge is -2.19. The highest BCUT2D eigenvalue weighted by Gasteiger charge is 2.15. The van der Waals surface area contributed by atoms with Gasteiger partial charge in [0.05, 0.1) is 0 Å². The summed E-state index contributed by atoms with van der Waals surface area (Å²) in [6.07, 6.45) is 9.72. The zero-order valence-corrected chi connectivity index (χ0v) is 11.5. The van der Waals surface area contributed by atoms with Gasteiger partial charge in [-0.2, -0.15) is 0 Å². The first-order valence-corrected chi connectivity index (χ1v) is 6.28. The third kappa shape index (κ3) is 2.09. The van der Waals surface area contributed by atoms with E-state index in [4.69, 9.17) is 0 Å². The number of allylic oxidation sites excluding steroid dienone is 4. The van der Waals surface area contributed by atoms with Gasteiger partial charge < -0.3 is 0 Å². The molecule has 0 nitrogen and oxygen atoms in total. The molecule has 1 radical (unpaired) electrons. The molecule has 1 aromatic rings. The van der Waals surface area contributed by atoms with Crippen LogP contribution in [0.3, 0.4) is 0 Å². The van der Waals surface area contributed by atoms with Crippen molar-refractivity contribution in [3.63, 3.8) is 0 Å². The molecule has 0 spiro atoms. The van der Waals surface area contributed by atoms with E-state index in [1.807, 2.05) is 0 Å². The first-order valence-electron chi connectivity index (χ1n) is 6.28. The second kappa shape index (κ2) is 4.52. The Bertz CT molecular complexity index is 460. The summed E-state index contributed by atoms with van der Waals surface area (Å²) in [4.78, 5) is 0. The summed E-state index contributed by atoms with van der Waals surface area (Å²) in [7, 11) is 0. The molecule has 2 rings (SSSR count). The molecule has 1 aliphatic carbocycles. The Morgan fingerprint density at radius 3 is 1.53 bits per heavy atom. The minimum atomic E-state index is 1.06. The molecular weight excluding hydrogens is 204 g/mol. The van der Waals surface area contributed by atoms with Gasteiger partial charge in [-0.1, -0.05) is 24.3 Å². The first kappa shape index (κ1) is 12.2. The molecule has 0 aromatic heterocycles. The van der Waals surface area contributed by atoms with Crippen LogP contribution in [0.4, 0.5) is 0 Å². The number of rotatable bonds is 2. The van der Waals surface area contributed by atoms with E-state index in [2.05, 4.69) is 58.9 Å². The van der Waals surface area contributed by atoms with E-state index in [0.717, 1.165) is 6.42 Å². The van der Waals surface area contributed by atoms with E-state index in [1.165, 1.54) is 39.3 Å². The molecule has 89 valence electrons. The third-order valence-corrected chi connectivity index (χ3v) is 4.27. The molecule has 0 heteroatoms. The summed E-state index contributed by atoms with van der Waals surface area (Å²) in [5.74, 6) is 1.42. The fraction of sp³-hybridized carbons (Fsp3) is 0.353. The normalized spacial score (nSPS) is 14.9. The SMILES string of the molecule is Cc1c(C)c(C)c(C[C]2C=CC=C2)c(C)c1C. The molecule has 0 heterocycles. The van der Waals surface area contributed by atoms with Crippen molar-refractivity contribution >= 4 is 0 Å². The first-order chi connectivity index (χ1) is 8.02. The van der Waals surface area contributed by atoms with Gasteiger partial charge in [-0.15, -0.1) is 0 Å². The largest absolute Gasteiger partial charge is 0.0730 e. The van der Waals surface area contributed by atoms with Crippen molar-refractivity contribution in [2.24, 2.45) is 0 Å². The summed E-state index contributed by atoms with van der Waals surface area (Å²) in [5.41, 5.74) is 8.80. The van der Waals surface area contributed by atoms with Crippen molar-refractivity contribution in [1.82, 2.24) is 0 Å². The van der Waals surface area contributed by atoms with Crippen LogP contribution in [0.15, 0.2) is 24.3 Å². The minimum absolute atomic E-state index is 1.06. The van der Waals surface area contributed by atoms with Crippen LogP contribution in [-0.4, -0.2) is 0 Å². The molecule has 0 fully saturated rings. The second-order valence-corrected chi connectivity index (χ2v) is 5.07. The van der Waals surface area contributed by atoms with E-state index < -0.39 is 0 Å². The standard InChI is InChI=1S/C17H21/c1-11-12(2)14(4)17(15(5)13(11)3)10-16-8-6-7-9-16/h6-9H,10H2,1-5H3. The van der Waals surface area contributed by atoms with Crippen molar-refractivity contribution in [3.8, 4) is 0 Å². The number of hydrogen-bond donors (Lipinski definition) is 0. The predicted molar refractivity (Wildman–Crippen MR) is 75.4 cm³/mol. The van der Waals surface area contributed by atoms with Gasteiger partial charge in [0, 0.05) is 5.92 Å². The minimum Gasteiger partial charge on any atom is -0.0730 e. The van der Waals surface area contributed by atoms with Crippen LogP contribution in [-0.2, 0) is 6.42 Å². The van der Waals surface area contributed by atoms with Crippen LogP contribution in [0.1, 0.15) is 33.4 Å². The van der Waals surface area contributed by atoms with Crippen molar-refractivity contribution < 1.29 is 0 Å². The highest BCUT2D eigenvalue weighted by molar-refractivity contribution is 5.52. The number of hydrogen-bond acceptors (Lipinski definition) is 0. The Kier molecular flexibility index (Phi) is 3.24. The van der Waals surface area contributed by atoms with E-state index in [0.29, 0.717) is 0 Å². The van der Waals surface area contributed by atoms with Gasteiger partial charge in [0.15, 0.2) is 0 Å². The van der Waals surface area contributed by atoms with Gasteiger partial charge in [-0.25, -0.2) is 0 Å².